The van der Waals surface area contributed by atoms with Gasteiger partial charge in [0.25, 0.3) is 11.5 Å². The van der Waals surface area contributed by atoms with Gasteiger partial charge in [0.1, 0.15) is 21.3 Å². The Morgan fingerprint density at radius 1 is 1.07 bits per heavy atom. The van der Waals surface area contributed by atoms with Gasteiger partial charge < -0.3 is 9.84 Å². The summed E-state index contributed by atoms with van der Waals surface area (Å²) in [4.78, 5) is 44.0. The van der Waals surface area contributed by atoms with Crippen molar-refractivity contribution in [2.75, 3.05) is 6.54 Å². The van der Waals surface area contributed by atoms with Crippen molar-refractivity contribution in [3.05, 3.63) is 73.0 Å². The van der Waals surface area contributed by atoms with Crippen LogP contribution in [0.5, 0.6) is 11.6 Å². The lowest BCUT2D eigenvalue weighted by atomic mass is 10.1. The summed E-state index contributed by atoms with van der Waals surface area (Å²) in [6, 6.07) is 8.34. The Morgan fingerprint density at radius 3 is 2.45 bits per heavy atom. The molecule has 3 aromatic rings. The molecule has 3 heterocycles. The Kier molecular flexibility index (Phi) is 11.4. The molecule has 0 spiro atoms. The Hall–Kier alpha value is -2.92. The average molecular weight is 649 g/mol. The number of hydrogen-bond acceptors (Lipinski definition) is 7. The molecule has 0 aliphatic carbocycles. The zero-order valence-corrected chi connectivity index (χ0v) is 26.3. The first-order valence-electron chi connectivity index (χ1n) is 13.8. The van der Waals surface area contributed by atoms with E-state index in [-0.39, 0.29) is 34.5 Å². The van der Waals surface area contributed by atoms with E-state index in [0.717, 1.165) is 68.7 Å². The van der Waals surface area contributed by atoms with Crippen LogP contribution in [0, 0.1) is 6.92 Å². The fourth-order valence-corrected chi connectivity index (χ4v) is 6.32. The SMILES string of the molecule is Cc1cccn2c(=O)c(/C=C3/SC(=S)N(CCCCCCCCCCC(=O)O)C3=O)c(Oc3ccc(Cl)cc3Cl)nc12. The zero-order chi connectivity index (χ0) is 30.2. The van der Waals surface area contributed by atoms with E-state index in [9.17, 15) is 14.4 Å². The number of thiocarbonyl (C=S) groups is 1. The van der Waals surface area contributed by atoms with Crippen LogP contribution in [0.2, 0.25) is 10.0 Å². The molecule has 1 fully saturated rings. The molecule has 8 nitrogen and oxygen atoms in total. The summed E-state index contributed by atoms with van der Waals surface area (Å²) in [6.07, 6.45) is 11.0. The molecule has 12 heteroatoms. The maximum absolute atomic E-state index is 13.6. The fraction of sp³-hybridized carbons (Fsp3) is 0.367. The largest absolute Gasteiger partial charge is 0.481 e. The summed E-state index contributed by atoms with van der Waals surface area (Å²) < 4.78 is 7.89. The van der Waals surface area contributed by atoms with E-state index in [1.165, 1.54) is 16.5 Å². The van der Waals surface area contributed by atoms with Crippen LogP contribution in [0.3, 0.4) is 0 Å². The van der Waals surface area contributed by atoms with Crippen molar-refractivity contribution < 1.29 is 19.4 Å². The first kappa shape index (κ1) is 32.0. The first-order valence-corrected chi connectivity index (χ1v) is 15.8. The van der Waals surface area contributed by atoms with Crippen LogP contribution in [0.1, 0.15) is 68.9 Å². The van der Waals surface area contributed by atoms with Gasteiger partial charge in [0.2, 0.25) is 5.88 Å². The highest BCUT2D eigenvalue weighted by Crippen LogP contribution is 2.36. The van der Waals surface area contributed by atoms with Gasteiger partial charge in [-0.05, 0) is 55.7 Å². The quantitative estimate of drug-likeness (QED) is 0.107. The molecule has 1 aliphatic rings. The maximum Gasteiger partial charge on any atom is 0.303 e. The van der Waals surface area contributed by atoms with Crippen LogP contribution >= 0.6 is 47.2 Å². The van der Waals surface area contributed by atoms with Crippen LogP contribution in [-0.2, 0) is 9.59 Å². The second kappa shape index (κ2) is 15.0. The number of carbonyl (C=O) groups excluding carboxylic acids is 1. The minimum atomic E-state index is -0.742. The third kappa shape index (κ3) is 8.12. The van der Waals surface area contributed by atoms with E-state index in [4.69, 9.17) is 45.3 Å². The van der Waals surface area contributed by atoms with Crippen LogP contribution < -0.4 is 10.3 Å². The number of benzene rings is 1. The van der Waals surface area contributed by atoms with Gasteiger partial charge in [0.15, 0.2) is 0 Å². The molecule has 0 radical (unpaired) electrons. The molecule has 0 saturated carbocycles. The molecule has 4 rings (SSSR count). The highest BCUT2D eigenvalue weighted by atomic mass is 35.5. The molecule has 2 aromatic heterocycles. The molecule has 1 amide bonds. The summed E-state index contributed by atoms with van der Waals surface area (Å²) >= 11 is 19.0. The third-order valence-electron chi connectivity index (χ3n) is 6.82. The van der Waals surface area contributed by atoms with Crippen molar-refractivity contribution in [2.24, 2.45) is 0 Å². The number of hydrogen-bond donors (Lipinski definition) is 1. The van der Waals surface area contributed by atoms with Gasteiger partial charge in [-0.3, -0.25) is 23.7 Å². The number of pyridine rings is 1. The zero-order valence-electron chi connectivity index (χ0n) is 23.1. The number of rotatable bonds is 14. The number of ether oxygens (including phenoxy) is 1. The van der Waals surface area contributed by atoms with E-state index in [0.29, 0.717) is 26.4 Å². The predicted octanol–water partition coefficient (Wildman–Crippen LogP) is 7.90. The summed E-state index contributed by atoms with van der Waals surface area (Å²) in [7, 11) is 0. The Bertz CT molecular complexity index is 1590. The number of nitrogens with zero attached hydrogens (tertiary/aromatic N) is 3. The van der Waals surface area contributed by atoms with Gasteiger partial charge in [-0.2, -0.15) is 4.98 Å². The number of carbonyl (C=O) groups is 2. The van der Waals surface area contributed by atoms with Crippen molar-refractivity contribution in [3.63, 3.8) is 0 Å². The van der Waals surface area contributed by atoms with Crippen LogP contribution in [-0.4, -0.2) is 42.1 Å². The molecule has 0 bridgehead atoms. The van der Waals surface area contributed by atoms with E-state index < -0.39 is 11.5 Å². The van der Waals surface area contributed by atoms with Crippen molar-refractivity contribution >= 4 is 75.1 Å². The van der Waals surface area contributed by atoms with E-state index >= 15 is 0 Å². The number of halogens is 2. The molecule has 1 aromatic carbocycles. The van der Waals surface area contributed by atoms with Crippen molar-refractivity contribution in [1.29, 1.82) is 0 Å². The Balaban J connectivity index is 1.46. The number of aryl methyl sites for hydroxylation is 1. The number of carboxylic acid groups (broad SMARTS) is 1. The third-order valence-corrected chi connectivity index (χ3v) is 8.73. The first-order chi connectivity index (χ1) is 20.2. The topological polar surface area (TPSA) is 101 Å². The summed E-state index contributed by atoms with van der Waals surface area (Å²) in [5.74, 6) is -0.707. The van der Waals surface area contributed by atoms with Gasteiger partial charge >= 0.3 is 5.97 Å². The van der Waals surface area contributed by atoms with Crippen LogP contribution in [0.15, 0.2) is 46.2 Å². The normalized spacial score (nSPS) is 14.4. The predicted molar refractivity (Wildman–Crippen MR) is 172 cm³/mol. The standard InChI is InChI=1S/C30H31Cl2N3O5S2/c1-19-11-10-16-34-26(19)33-27(40-23-14-13-20(31)17-22(23)32)21(28(34)38)18-24-29(39)35(30(41)42-24)15-9-7-5-3-2-4-6-8-12-25(36)37/h10-11,13-14,16-18H,2-9,12,15H2,1H3,(H,36,37)/b24-18+. The lowest BCUT2D eigenvalue weighted by Gasteiger charge is -2.14. The lowest BCUT2D eigenvalue weighted by molar-refractivity contribution is -0.137. The van der Waals surface area contributed by atoms with Gasteiger partial charge in [-0.25, -0.2) is 0 Å². The van der Waals surface area contributed by atoms with Crippen molar-refractivity contribution in [2.45, 2.75) is 64.7 Å². The minimum Gasteiger partial charge on any atom is -0.481 e. The molecule has 222 valence electrons. The molecule has 1 N–H and O–H groups in total. The monoisotopic (exact) mass is 647 g/mol. The number of unbranched alkanes of at least 4 members (excludes halogenated alkanes) is 7. The summed E-state index contributed by atoms with van der Waals surface area (Å²) in [6.45, 7) is 2.34. The highest BCUT2D eigenvalue weighted by Gasteiger charge is 2.32. The molecular formula is C30H31Cl2N3O5S2. The second-order valence-corrected chi connectivity index (χ2v) is 12.5. The van der Waals surface area contributed by atoms with E-state index in [1.54, 1.807) is 29.3 Å². The molecule has 42 heavy (non-hydrogen) atoms. The van der Waals surface area contributed by atoms with Crippen LogP contribution in [0.4, 0.5) is 0 Å². The van der Waals surface area contributed by atoms with Gasteiger partial charge in [-0.15, -0.1) is 0 Å². The number of thioether (sulfide) groups is 1. The molecule has 0 atom stereocenters. The van der Waals surface area contributed by atoms with E-state index in [2.05, 4.69) is 4.98 Å². The lowest BCUT2D eigenvalue weighted by Crippen LogP contribution is -2.29. The smallest absolute Gasteiger partial charge is 0.303 e. The van der Waals surface area contributed by atoms with E-state index in [1.807, 2.05) is 13.0 Å². The maximum atomic E-state index is 13.6. The molecular weight excluding hydrogens is 617 g/mol. The second-order valence-electron chi connectivity index (χ2n) is 10.0. The number of fused-ring (bicyclic) bond motifs is 1. The number of amides is 1. The number of aromatic nitrogens is 2. The summed E-state index contributed by atoms with van der Waals surface area (Å²) in [5, 5.41) is 9.39. The molecule has 0 unspecified atom stereocenters. The van der Waals surface area contributed by atoms with Crippen molar-refractivity contribution in [3.8, 4) is 11.6 Å². The van der Waals surface area contributed by atoms with Gasteiger partial charge in [0, 0.05) is 24.2 Å². The van der Waals surface area contributed by atoms with Crippen molar-refractivity contribution in [1.82, 2.24) is 14.3 Å². The summed E-state index contributed by atoms with van der Waals surface area (Å²) in [5.41, 5.74) is 0.912. The Labute approximate surface area is 263 Å². The average Bonchev–Trinajstić information content (AvgIpc) is 3.21. The number of carboxylic acids is 1. The molecule has 1 aliphatic heterocycles. The minimum absolute atomic E-state index is 0.0201. The molecule has 1 saturated heterocycles. The highest BCUT2D eigenvalue weighted by molar-refractivity contribution is 8.26. The van der Waals surface area contributed by atoms with Gasteiger partial charge in [0.05, 0.1) is 9.93 Å². The Morgan fingerprint density at radius 2 is 1.76 bits per heavy atom. The van der Waals surface area contributed by atoms with Gasteiger partial charge in [-0.1, -0.05) is 91.8 Å². The number of aliphatic carboxylic acids is 1. The fourth-order valence-electron chi connectivity index (χ4n) is 4.59. The van der Waals surface area contributed by atoms with Crippen LogP contribution in [0.25, 0.3) is 11.7 Å².